The van der Waals surface area contributed by atoms with Crippen LogP contribution in [0, 0.1) is 0 Å². The Morgan fingerprint density at radius 2 is 1.71 bits per heavy atom. The average molecular weight is 329 g/mol. The summed E-state index contributed by atoms with van der Waals surface area (Å²) in [6.07, 6.45) is 10.9. The lowest BCUT2D eigenvalue weighted by atomic mass is 10.0. The Balaban J connectivity index is 0.00000123. The highest BCUT2D eigenvalue weighted by Gasteiger charge is 2.18. The summed E-state index contributed by atoms with van der Waals surface area (Å²) in [5.41, 5.74) is 1.42. The van der Waals surface area contributed by atoms with Crippen LogP contribution in [0.1, 0.15) is 39.2 Å². The highest BCUT2D eigenvalue weighted by atomic mass is 15.1. The molecule has 0 amide bonds. The van der Waals surface area contributed by atoms with Crippen molar-refractivity contribution in [2.75, 3.05) is 19.6 Å². The van der Waals surface area contributed by atoms with Gasteiger partial charge in [-0.15, -0.1) is 13.2 Å². The Bertz CT molecular complexity index is 429. The molecule has 1 aliphatic heterocycles. The fraction of sp³-hybridized carbons (Fsp3) is 0.455. The maximum absolute atomic E-state index is 3.62. The molecule has 0 aliphatic carbocycles. The van der Waals surface area contributed by atoms with Gasteiger partial charge < -0.3 is 5.32 Å². The van der Waals surface area contributed by atoms with Gasteiger partial charge in [0.1, 0.15) is 0 Å². The maximum atomic E-state index is 3.62. The number of likely N-dealkylation sites (tertiary alicyclic amines) is 1. The number of hydrogen-bond donors (Lipinski definition) is 1. The molecule has 1 N–H and O–H groups in total. The number of hydrogen-bond acceptors (Lipinski definition) is 2. The third-order valence-electron chi connectivity index (χ3n) is 3.80. The first-order valence-electron chi connectivity index (χ1n) is 9.16. The lowest BCUT2D eigenvalue weighted by molar-refractivity contribution is 0.192. The standard InChI is InChI=1S/C18H26N2.C2H6.C2H4/c1-2-3-4-8-13-19-18-11-14-20(15-12-18)16-17-9-6-5-7-10-17;2*1-2/h2-10,18-19H,11-16H2,1H3;1-2H3;1-2H2/b3-2-,8-4+;;. The molecule has 1 fully saturated rings. The Labute approximate surface area is 150 Å². The van der Waals surface area contributed by atoms with Crippen molar-refractivity contribution < 1.29 is 0 Å². The molecule has 1 saturated heterocycles. The lowest BCUT2D eigenvalue weighted by Gasteiger charge is -2.32. The molecule has 0 atom stereocenters. The van der Waals surface area contributed by atoms with Gasteiger partial charge in [0, 0.05) is 19.1 Å². The SMILES string of the molecule is C/C=C\C=C\CNC1CCN(Cc2ccccc2)CC1.C=C.CC. The smallest absolute Gasteiger partial charge is 0.0233 e. The molecular weight excluding hydrogens is 292 g/mol. The quantitative estimate of drug-likeness (QED) is 0.570. The number of piperidine rings is 1. The van der Waals surface area contributed by atoms with E-state index in [9.17, 15) is 0 Å². The Morgan fingerprint density at radius 3 is 2.29 bits per heavy atom. The van der Waals surface area contributed by atoms with E-state index < -0.39 is 0 Å². The van der Waals surface area contributed by atoms with Crippen LogP contribution < -0.4 is 5.32 Å². The molecule has 0 aromatic heterocycles. The lowest BCUT2D eigenvalue weighted by Crippen LogP contribution is -2.42. The monoisotopic (exact) mass is 328 g/mol. The molecule has 1 aliphatic rings. The van der Waals surface area contributed by atoms with Crippen LogP contribution in [0.2, 0.25) is 0 Å². The van der Waals surface area contributed by atoms with Crippen molar-refractivity contribution in [1.29, 1.82) is 0 Å². The van der Waals surface area contributed by atoms with E-state index in [0.717, 1.165) is 13.1 Å². The number of benzene rings is 1. The molecular formula is C22H36N2. The van der Waals surface area contributed by atoms with Crippen LogP contribution in [0.3, 0.4) is 0 Å². The summed E-state index contributed by atoms with van der Waals surface area (Å²) < 4.78 is 0. The fourth-order valence-electron chi connectivity index (χ4n) is 2.63. The van der Waals surface area contributed by atoms with Gasteiger partial charge in [0.15, 0.2) is 0 Å². The van der Waals surface area contributed by atoms with Gasteiger partial charge in [-0.05, 0) is 38.4 Å². The summed E-state index contributed by atoms with van der Waals surface area (Å²) in [4.78, 5) is 2.56. The largest absolute Gasteiger partial charge is 0.310 e. The molecule has 2 heteroatoms. The first-order chi connectivity index (χ1) is 11.9. The van der Waals surface area contributed by atoms with Crippen molar-refractivity contribution >= 4 is 0 Å². The zero-order valence-corrected chi connectivity index (χ0v) is 15.9. The van der Waals surface area contributed by atoms with Gasteiger partial charge in [-0.2, -0.15) is 0 Å². The highest BCUT2D eigenvalue weighted by molar-refractivity contribution is 5.14. The van der Waals surface area contributed by atoms with E-state index in [0.29, 0.717) is 6.04 Å². The molecule has 134 valence electrons. The van der Waals surface area contributed by atoms with Crippen molar-refractivity contribution in [2.45, 2.75) is 46.2 Å². The van der Waals surface area contributed by atoms with Gasteiger partial charge in [0.25, 0.3) is 0 Å². The summed E-state index contributed by atoms with van der Waals surface area (Å²) in [5.74, 6) is 0. The van der Waals surface area contributed by atoms with Crippen molar-refractivity contribution in [1.82, 2.24) is 10.2 Å². The van der Waals surface area contributed by atoms with Crippen LogP contribution in [0.15, 0.2) is 67.8 Å². The van der Waals surface area contributed by atoms with E-state index in [4.69, 9.17) is 0 Å². The van der Waals surface area contributed by atoms with E-state index in [1.807, 2.05) is 20.8 Å². The molecule has 2 rings (SSSR count). The first-order valence-corrected chi connectivity index (χ1v) is 9.16. The summed E-state index contributed by atoms with van der Waals surface area (Å²) in [5, 5.41) is 3.62. The number of rotatable bonds is 6. The highest BCUT2D eigenvalue weighted by Crippen LogP contribution is 2.13. The summed E-state index contributed by atoms with van der Waals surface area (Å²) in [6, 6.07) is 11.5. The number of allylic oxidation sites excluding steroid dienone is 3. The maximum Gasteiger partial charge on any atom is 0.0233 e. The Kier molecular flexibility index (Phi) is 15.1. The van der Waals surface area contributed by atoms with E-state index in [-0.39, 0.29) is 0 Å². The topological polar surface area (TPSA) is 15.3 Å². The molecule has 2 nitrogen and oxygen atoms in total. The molecule has 0 spiro atoms. The Morgan fingerprint density at radius 1 is 1.08 bits per heavy atom. The van der Waals surface area contributed by atoms with Crippen LogP contribution in [0.5, 0.6) is 0 Å². The van der Waals surface area contributed by atoms with Crippen molar-refractivity contribution in [2.24, 2.45) is 0 Å². The van der Waals surface area contributed by atoms with Gasteiger partial charge in [-0.3, -0.25) is 4.90 Å². The minimum atomic E-state index is 0.678. The van der Waals surface area contributed by atoms with E-state index in [2.05, 4.69) is 78.0 Å². The van der Waals surface area contributed by atoms with Crippen molar-refractivity contribution in [3.05, 3.63) is 73.4 Å². The average Bonchev–Trinajstić information content (AvgIpc) is 2.67. The number of nitrogens with one attached hydrogen (secondary N) is 1. The second kappa shape index (κ2) is 16.2. The van der Waals surface area contributed by atoms with Gasteiger partial charge in [-0.1, -0.05) is 68.5 Å². The van der Waals surface area contributed by atoms with Crippen LogP contribution in [-0.4, -0.2) is 30.6 Å². The molecule has 0 radical (unpaired) electrons. The summed E-state index contributed by atoms with van der Waals surface area (Å²) in [6.45, 7) is 16.5. The molecule has 24 heavy (non-hydrogen) atoms. The fourth-order valence-corrected chi connectivity index (χ4v) is 2.63. The second-order valence-corrected chi connectivity index (χ2v) is 5.40. The van der Waals surface area contributed by atoms with E-state index in [1.165, 1.54) is 31.5 Å². The first kappa shape index (κ1) is 22.4. The molecule has 0 bridgehead atoms. The normalized spacial score (nSPS) is 15.6. The molecule has 0 unspecified atom stereocenters. The molecule has 1 heterocycles. The van der Waals surface area contributed by atoms with E-state index in [1.54, 1.807) is 0 Å². The Hall–Kier alpha value is -1.64. The van der Waals surface area contributed by atoms with Crippen LogP contribution in [0.4, 0.5) is 0 Å². The predicted octanol–water partition coefficient (Wildman–Crippen LogP) is 5.20. The van der Waals surface area contributed by atoms with Gasteiger partial charge in [0.05, 0.1) is 0 Å². The number of nitrogens with zero attached hydrogens (tertiary/aromatic N) is 1. The van der Waals surface area contributed by atoms with Crippen LogP contribution >= 0.6 is 0 Å². The van der Waals surface area contributed by atoms with Crippen molar-refractivity contribution in [3.8, 4) is 0 Å². The zero-order valence-electron chi connectivity index (χ0n) is 15.9. The second-order valence-electron chi connectivity index (χ2n) is 5.40. The third-order valence-corrected chi connectivity index (χ3v) is 3.80. The van der Waals surface area contributed by atoms with Gasteiger partial charge >= 0.3 is 0 Å². The van der Waals surface area contributed by atoms with Crippen molar-refractivity contribution in [3.63, 3.8) is 0 Å². The molecule has 1 aromatic rings. The van der Waals surface area contributed by atoms with Crippen LogP contribution in [-0.2, 0) is 6.54 Å². The van der Waals surface area contributed by atoms with Gasteiger partial charge in [0.2, 0.25) is 0 Å². The van der Waals surface area contributed by atoms with Gasteiger partial charge in [-0.25, -0.2) is 0 Å². The minimum Gasteiger partial charge on any atom is -0.310 e. The minimum absolute atomic E-state index is 0.678. The zero-order chi connectivity index (χ0) is 18.0. The summed E-state index contributed by atoms with van der Waals surface area (Å²) >= 11 is 0. The van der Waals surface area contributed by atoms with Crippen LogP contribution in [0.25, 0.3) is 0 Å². The van der Waals surface area contributed by atoms with E-state index >= 15 is 0 Å². The summed E-state index contributed by atoms with van der Waals surface area (Å²) in [7, 11) is 0. The molecule has 0 saturated carbocycles. The predicted molar refractivity (Wildman–Crippen MR) is 109 cm³/mol. The molecule has 1 aromatic carbocycles. The third kappa shape index (κ3) is 10.2.